The van der Waals surface area contributed by atoms with Crippen LogP contribution in [0.4, 0.5) is 0 Å². The number of carbonyl (C=O) groups excluding carboxylic acids is 1. The van der Waals surface area contributed by atoms with E-state index in [4.69, 9.17) is 9.16 Å². The maximum absolute atomic E-state index is 11.6. The fourth-order valence-corrected chi connectivity index (χ4v) is 5.47. The van der Waals surface area contributed by atoms with Crippen molar-refractivity contribution in [3.63, 3.8) is 0 Å². The summed E-state index contributed by atoms with van der Waals surface area (Å²) >= 11 is 1.42. The van der Waals surface area contributed by atoms with Gasteiger partial charge in [-0.15, -0.1) is 11.3 Å². The molecule has 0 radical (unpaired) electrons. The second kappa shape index (κ2) is 9.24. The molecule has 1 unspecified atom stereocenters. The first kappa shape index (κ1) is 23.3. The molecule has 4 nitrogen and oxygen atoms in total. The minimum Gasteiger partial charge on any atom is -0.465 e. The number of esters is 1. The van der Waals surface area contributed by atoms with Crippen LogP contribution < -0.4 is 0 Å². The minimum atomic E-state index is -1.79. The van der Waals surface area contributed by atoms with Gasteiger partial charge in [0.05, 0.1) is 13.2 Å². The second-order valence-corrected chi connectivity index (χ2v) is 15.4. The summed E-state index contributed by atoms with van der Waals surface area (Å²) in [5.41, 5.74) is 0. The standard InChI is InChI=1S/C22H36O4SSi/c1-15-13-19(23)17(18(15)14-26-28(6,7)22(2,3)4)10-8-9-16-11-12-20(27-16)21(24)25-5/h8-9,11-12,15,17-19,23H,10,13-14H2,1-7H3/b9-8+/t15-,17?,18+,19+/m1/s1. The average molecular weight is 425 g/mol. The lowest BCUT2D eigenvalue weighted by Gasteiger charge is -2.38. The molecule has 0 spiro atoms. The predicted octanol–water partition coefficient (Wildman–Crippen LogP) is 5.59. The van der Waals surface area contributed by atoms with E-state index in [-0.39, 0.29) is 23.0 Å². The Bertz CT molecular complexity index is 689. The first-order chi connectivity index (χ1) is 13.0. The van der Waals surface area contributed by atoms with Crippen LogP contribution in [0.1, 0.15) is 55.1 Å². The van der Waals surface area contributed by atoms with Gasteiger partial charge in [0.1, 0.15) is 4.88 Å². The zero-order valence-corrected chi connectivity index (χ0v) is 20.1. The number of methoxy groups -OCH3 is 1. The highest BCUT2D eigenvalue weighted by atomic mass is 32.1. The van der Waals surface area contributed by atoms with E-state index in [1.165, 1.54) is 18.4 Å². The zero-order chi connectivity index (χ0) is 21.1. The van der Waals surface area contributed by atoms with Gasteiger partial charge in [-0.25, -0.2) is 4.79 Å². The second-order valence-electron chi connectivity index (χ2n) is 9.51. The fraction of sp³-hybridized carbons (Fsp3) is 0.682. The number of carbonyl (C=O) groups is 1. The molecule has 6 heteroatoms. The molecule has 1 aliphatic carbocycles. The quantitative estimate of drug-likeness (QED) is 0.458. The van der Waals surface area contributed by atoms with E-state index in [0.717, 1.165) is 24.3 Å². The molecule has 1 aromatic heterocycles. The summed E-state index contributed by atoms with van der Waals surface area (Å²) in [6.45, 7) is 14.3. The van der Waals surface area contributed by atoms with Crippen LogP contribution in [0.15, 0.2) is 18.2 Å². The van der Waals surface area contributed by atoms with Crippen LogP contribution in [0.25, 0.3) is 6.08 Å². The number of thiophene rings is 1. The molecule has 1 N–H and O–H groups in total. The van der Waals surface area contributed by atoms with Gasteiger partial charge < -0.3 is 14.3 Å². The van der Waals surface area contributed by atoms with Gasteiger partial charge in [0.2, 0.25) is 0 Å². The molecule has 0 saturated heterocycles. The largest absolute Gasteiger partial charge is 0.465 e. The number of rotatable bonds is 7. The van der Waals surface area contributed by atoms with E-state index in [0.29, 0.717) is 16.7 Å². The van der Waals surface area contributed by atoms with Crippen LogP contribution in [-0.4, -0.2) is 39.2 Å². The molecule has 28 heavy (non-hydrogen) atoms. The Hall–Kier alpha value is -0.953. The highest BCUT2D eigenvalue weighted by molar-refractivity contribution is 7.14. The van der Waals surface area contributed by atoms with E-state index in [2.05, 4.69) is 46.9 Å². The summed E-state index contributed by atoms with van der Waals surface area (Å²) in [6, 6.07) is 3.72. The van der Waals surface area contributed by atoms with Crippen LogP contribution >= 0.6 is 11.3 Å². The minimum absolute atomic E-state index is 0.194. The Balaban J connectivity index is 2.00. The van der Waals surface area contributed by atoms with Crippen molar-refractivity contribution < 1.29 is 19.1 Å². The number of aliphatic hydroxyl groups excluding tert-OH is 1. The molecule has 1 fully saturated rings. The third-order valence-corrected chi connectivity index (χ3v) is 12.1. The normalized spacial score (nSPS) is 26.1. The Morgan fingerprint density at radius 1 is 1.32 bits per heavy atom. The number of hydrogen-bond donors (Lipinski definition) is 1. The summed E-state index contributed by atoms with van der Waals surface area (Å²) in [5, 5.41) is 10.8. The molecule has 0 bridgehead atoms. The van der Waals surface area contributed by atoms with E-state index >= 15 is 0 Å². The highest BCUT2D eigenvalue weighted by Crippen LogP contribution is 2.42. The predicted molar refractivity (Wildman–Crippen MR) is 119 cm³/mol. The summed E-state index contributed by atoms with van der Waals surface area (Å²) in [5.74, 6) is 0.761. The molecule has 0 aromatic carbocycles. The topological polar surface area (TPSA) is 55.8 Å². The van der Waals surface area contributed by atoms with Gasteiger partial charge in [0.25, 0.3) is 0 Å². The first-order valence-electron chi connectivity index (χ1n) is 10.1. The lowest BCUT2D eigenvalue weighted by Crippen LogP contribution is -2.42. The first-order valence-corrected chi connectivity index (χ1v) is 13.9. The van der Waals surface area contributed by atoms with E-state index in [9.17, 15) is 9.90 Å². The van der Waals surface area contributed by atoms with Crippen LogP contribution in [0.3, 0.4) is 0 Å². The SMILES string of the molecule is COC(=O)c1ccc(/C=C/CC2[C@@H](CO[Si](C)(C)C(C)(C)C)[C@H](C)C[C@@H]2O)s1. The van der Waals surface area contributed by atoms with Crippen LogP contribution in [0, 0.1) is 17.8 Å². The van der Waals surface area contributed by atoms with E-state index in [1.54, 1.807) is 6.07 Å². The zero-order valence-electron chi connectivity index (χ0n) is 18.3. The number of allylic oxidation sites excluding steroid dienone is 1. The van der Waals surface area contributed by atoms with Gasteiger partial charge in [-0.05, 0) is 66.9 Å². The van der Waals surface area contributed by atoms with Gasteiger partial charge in [-0.1, -0.05) is 33.8 Å². The van der Waals surface area contributed by atoms with E-state index < -0.39 is 8.32 Å². The van der Waals surface area contributed by atoms with Gasteiger partial charge in [0, 0.05) is 11.5 Å². The Morgan fingerprint density at radius 3 is 2.61 bits per heavy atom. The molecule has 1 aromatic rings. The van der Waals surface area contributed by atoms with Crippen molar-refractivity contribution in [2.45, 2.75) is 64.8 Å². The molecule has 0 amide bonds. The third kappa shape index (κ3) is 5.56. The maximum Gasteiger partial charge on any atom is 0.348 e. The van der Waals surface area contributed by atoms with Crippen molar-refractivity contribution in [2.75, 3.05) is 13.7 Å². The van der Waals surface area contributed by atoms with Crippen molar-refractivity contribution in [3.8, 4) is 0 Å². The summed E-state index contributed by atoms with van der Waals surface area (Å²) in [6.07, 6.45) is 5.55. The Labute approximate surface area is 175 Å². The van der Waals surface area contributed by atoms with Gasteiger partial charge in [0.15, 0.2) is 8.32 Å². The van der Waals surface area contributed by atoms with Crippen LogP contribution in [-0.2, 0) is 9.16 Å². The molecule has 1 heterocycles. The van der Waals surface area contributed by atoms with Crippen molar-refractivity contribution in [3.05, 3.63) is 28.0 Å². The molecule has 1 saturated carbocycles. The molecular formula is C22H36O4SSi. The third-order valence-electron chi connectivity index (χ3n) is 6.53. The van der Waals surface area contributed by atoms with Gasteiger partial charge in [-0.2, -0.15) is 0 Å². The molecule has 158 valence electrons. The molecular weight excluding hydrogens is 388 g/mol. The summed E-state index contributed by atoms with van der Waals surface area (Å²) in [7, 11) is -0.396. The van der Waals surface area contributed by atoms with Crippen LogP contribution in [0.5, 0.6) is 0 Å². The maximum atomic E-state index is 11.6. The van der Waals surface area contributed by atoms with Crippen molar-refractivity contribution in [1.29, 1.82) is 0 Å². The fourth-order valence-electron chi connectivity index (χ4n) is 3.57. The molecule has 4 atom stereocenters. The number of ether oxygens (including phenoxy) is 1. The average Bonchev–Trinajstić information content (AvgIpc) is 3.16. The van der Waals surface area contributed by atoms with Crippen molar-refractivity contribution >= 4 is 31.7 Å². The van der Waals surface area contributed by atoms with Gasteiger partial charge in [-0.3, -0.25) is 0 Å². The van der Waals surface area contributed by atoms with E-state index in [1.807, 2.05) is 12.1 Å². The summed E-state index contributed by atoms with van der Waals surface area (Å²) in [4.78, 5) is 13.2. The Morgan fingerprint density at radius 2 is 2.00 bits per heavy atom. The lowest BCUT2D eigenvalue weighted by atomic mass is 9.88. The monoisotopic (exact) mass is 424 g/mol. The lowest BCUT2D eigenvalue weighted by molar-refractivity contribution is 0.0606. The highest BCUT2D eigenvalue weighted by Gasteiger charge is 2.43. The molecule has 1 aliphatic rings. The van der Waals surface area contributed by atoms with Gasteiger partial charge >= 0.3 is 5.97 Å². The smallest absolute Gasteiger partial charge is 0.348 e. The molecule has 0 aliphatic heterocycles. The van der Waals surface area contributed by atoms with Crippen LogP contribution in [0.2, 0.25) is 18.1 Å². The van der Waals surface area contributed by atoms with Crippen molar-refractivity contribution in [2.24, 2.45) is 17.8 Å². The molecule has 2 rings (SSSR count). The number of hydrogen-bond acceptors (Lipinski definition) is 5. The Kier molecular flexibility index (Phi) is 7.70. The number of aliphatic hydroxyl groups is 1. The summed E-state index contributed by atoms with van der Waals surface area (Å²) < 4.78 is 11.2. The van der Waals surface area contributed by atoms with Crippen molar-refractivity contribution in [1.82, 2.24) is 0 Å².